The van der Waals surface area contributed by atoms with Crippen molar-refractivity contribution in [3.8, 4) is 0 Å². The molecule has 0 aliphatic carbocycles. The minimum atomic E-state index is 0.0289. The summed E-state index contributed by atoms with van der Waals surface area (Å²) in [7, 11) is 0. The van der Waals surface area contributed by atoms with Gasteiger partial charge in [0.15, 0.2) is 0 Å². The maximum Gasteiger partial charge on any atom is 0.251 e. The van der Waals surface area contributed by atoms with Crippen molar-refractivity contribution in [3.05, 3.63) is 47.5 Å². The van der Waals surface area contributed by atoms with Crippen molar-refractivity contribution in [2.45, 2.75) is 31.8 Å². The molecule has 0 saturated heterocycles. The molecule has 2 aromatic rings. The molecule has 1 aromatic heterocycles. The first-order chi connectivity index (χ1) is 10.2. The maximum atomic E-state index is 11.9. The van der Waals surface area contributed by atoms with Gasteiger partial charge in [0.2, 0.25) is 0 Å². The van der Waals surface area contributed by atoms with E-state index < -0.39 is 0 Å². The number of nitrogens with one attached hydrogen (secondary N) is 2. The van der Waals surface area contributed by atoms with Gasteiger partial charge in [-0.1, -0.05) is 6.07 Å². The highest BCUT2D eigenvalue weighted by molar-refractivity contribution is 5.98. The number of rotatable bonds is 2. The van der Waals surface area contributed by atoms with Crippen molar-refractivity contribution in [1.29, 1.82) is 0 Å². The highest BCUT2D eigenvalue weighted by Crippen LogP contribution is 2.36. The average Bonchev–Trinajstić information content (AvgIpc) is 3.06. The van der Waals surface area contributed by atoms with E-state index in [1.165, 1.54) is 0 Å². The van der Waals surface area contributed by atoms with Crippen molar-refractivity contribution in [2.75, 3.05) is 11.9 Å². The Balaban J connectivity index is 1.68. The fraction of sp³-hybridized carbons (Fsp3) is 0.375. The number of hydrogen-bond acceptors (Lipinski definition) is 3. The smallest absolute Gasteiger partial charge is 0.251 e. The van der Waals surface area contributed by atoms with Gasteiger partial charge in [0.25, 0.3) is 5.91 Å². The Labute approximate surface area is 123 Å². The second-order valence-corrected chi connectivity index (χ2v) is 5.81. The lowest BCUT2D eigenvalue weighted by Crippen LogP contribution is -2.32. The van der Waals surface area contributed by atoms with E-state index in [1.807, 2.05) is 24.5 Å². The number of aromatic nitrogens is 2. The predicted molar refractivity (Wildman–Crippen MR) is 80.4 cm³/mol. The molecule has 2 N–H and O–H groups in total. The number of benzene rings is 1. The Morgan fingerprint density at radius 1 is 1.43 bits per heavy atom. The third kappa shape index (κ3) is 1.92. The molecule has 0 spiro atoms. The molecule has 2 atom stereocenters. The van der Waals surface area contributed by atoms with Crippen LogP contribution < -0.4 is 10.6 Å². The first kappa shape index (κ1) is 12.4. The molecule has 0 saturated carbocycles. The van der Waals surface area contributed by atoms with Crippen LogP contribution in [0.3, 0.4) is 0 Å². The van der Waals surface area contributed by atoms with Crippen molar-refractivity contribution >= 4 is 11.6 Å². The lowest BCUT2D eigenvalue weighted by Gasteiger charge is -2.22. The van der Waals surface area contributed by atoms with Gasteiger partial charge in [-0.15, -0.1) is 0 Å². The number of amides is 1. The first-order valence-electron chi connectivity index (χ1n) is 7.43. The van der Waals surface area contributed by atoms with Gasteiger partial charge < -0.3 is 15.2 Å². The number of fused-ring (bicyclic) bond motifs is 2. The molecule has 0 fully saturated rings. The first-order valence-corrected chi connectivity index (χ1v) is 7.43. The molecule has 3 heterocycles. The Morgan fingerprint density at radius 3 is 3.24 bits per heavy atom. The quantitative estimate of drug-likeness (QED) is 0.888. The third-order valence-electron chi connectivity index (χ3n) is 4.47. The molecule has 5 heteroatoms. The van der Waals surface area contributed by atoms with E-state index in [0.717, 1.165) is 35.5 Å². The predicted octanol–water partition coefficient (Wildman–Crippen LogP) is 2.29. The molecule has 2 aliphatic heterocycles. The van der Waals surface area contributed by atoms with Crippen LogP contribution in [0.15, 0.2) is 30.6 Å². The molecule has 4 rings (SSSR count). The molecule has 21 heavy (non-hydrogen) atoms. The minimum absolute atomic E-state index is 0.0289. The summed E-state index contributed by atoms with van der Waals surface area (Å²) in [6.07, 6.45) is 5.79. The fourth-order valence-electron chi connectivity index (χ4n) is 3.44. The van der Waals surface area contributed by atoms with E-state index >= 15 is 0 Å². The van der Waals surface area contributed by atoms with Gasteiger partial charge in [-0.3, -0.25) is 4.79 Å². The van der Waals surface area contributed by atoms with E-state index in [1.54, 1.807) is 0 Å². The summed E-state index contributed by atoms with van der Waals surface area (Å²) in [5.74, 6) is 1.11. The van der Waals surface area contributed by atoms with Crippen LogP contribution >= 0.6 is 0 Å². The summed E-state index contributed by atoms with van der Waals surface area (Å²) < 4.78 is 2.22. The van der Waals surface area contributed by atoms with Gasteiger partial charge in [-0.05, 0) is 37.5 Å². The number of carbonyl (C=O) groups is 1. The molecule has 108 valence electrons. The van der Waals surface area contributed by atoms with Gasteiger partial charge >= 0.3 is 0 Å². The molecule has 5 nitrogen and oxygen atoms in total. The second kappa shape index (κ2) is 4.62. The lowest BCUT2D eigenvalue weighted by atomic mass is 9.97. The summed E-state index contributed by atoms with van der Waals surface area (Å²) >= 11 is 0. The Kier molecular flexibility index (Phi) is 2.74. The molecular weight excluding hydrogens is 264 g/mol. The Morgan fingerprint density at radius 2 is 2.33 bits per heavy atom. The van der Waals surface area contributed by atoms with E-state index in [2.05, 4.69) is 33.2 Å². The minimum Gasteiger partial charge on any atom is -0.375 e. The zero-order valence-electron chi connectivity index (χ0n) is 12.0. The molecule has 0 radical (unpaired) electrons. The van der Waals surface area contributed by atoms with Gasteiger partial charge in [0.05, 0.1) is 6.04 Å². The highest BCUT2D eigenvalue weighted by atomic mass is 16.1. The zero-order chi connectivity index (χ0) is 14.4. The van der Waals surface area contributed by atoms with E-state index in [0.29, 0.717) is 12.6 Å². The number of anilines is 1. The van der Waals surface area contributed by atoms with Gasteiger partial charge in [-0.25, -0.2) is 4.98 Å². The van der Waals surface area contributed by atoms with Crippen LogP contribution in [0.1, 0.15) is 47.2 Å². The van der Waals surface area contributed by atoms with Crippen LogP contribution in [0.4, 0.5) is 5.69 Å². The largest absolute Gasteiger partial charge is 0.375 e. The standard InChI is InChI=1S/C16H18N4O/c1-10-9-14(15-17-7-8-20(10)15)19-13-4-2-3-12-11(13)5-6-18-16(12)21/h2-4,7-8,10,14,19H,5-6,9H2,1H3,(H,18,21). The van der Waals surface area contributed by atoms with Crippen molar-refractivity contribution in [1.82, 2.24) is 14.9 Å². The summed E-state index contributed by atoms with van der Waals surface area (Å²) in [5, 5.41) is 6.49. The SMILES string of the molecule is CC1CC(Nc2cccc3c2CCNC3=O)c2nccn21. The van der Waals surface area contributed by atoms with E-state index in [9.17, 15) is 4.79 Å². The van der Waals surface area contributed by atoms with Crippen LogP contribution in [-0.2, 0) is 6.42 Å². The Bertz CT molecular complexity index is 706. The topological polar surface area (TPSA) is 58.9 Å². The summed E-state index contributed by atoms with van der Waals surface area (Å²) in [6.45, 7) is 2.92. The van der Waals surface area contributed by atoms with Crippen LogP contribution in [-0.4, -0.2) is 22.0 Å². The molecule has 0 bridgehead atoms. The van der Waals surface area contributed by atoms with Gasteiger partial charge in [-0.2, -0.15) is 0 Å². The third-order valence-corrected chi connectivity index (χ3v) is 4.47. The van der Waals surface area contributed by atoms with Crippen molar-refractivity contribution < 1.29 is 4.79 Å². The van der Waals surface area contributed by atoms with Gasteiger partial charge in [0.1, 0.15) is 5.82 Å². The van der Waals surface area contributed by atoms with E-state index in [-0.39, 0.29) is 11.9 Å². The molecule has 1 amide bonds. The fourth-order valence-corrected chi connectivity index (χ4v) is 3.44. The number of hydrogen-bond donors (Lipinski definition) is 2. The Hall–Kier alpha value is -2.30. The van der Waals surface area contributed by atoms with Crippen molar-refractivity contribution in [3.63, 3.8) is 0 Å². The highest BCUT2D eigenvalue weighted by Gasteiger charge is 2.30. The molecular formula is C16H18N4O. The number of carbonyl (C=O) groups excluding carboxylic acids is 1. The average molecular weight is 282 g/mol. The van der Waals surface area contributed by atoms with Gasteiger partial charge in [0, 0.05) is 36.2 Å². The maximum absolute atomic E-state index is 11.9. The normalized spacial score (nSPS) is 23.4. The summed E-state index contributed by atoms with van der Waals surface area (Å²) in [5.41, 5.74) is 2.98. The summed E-state index contributed by atoms with van der Waals surface area (Å²) in [6, 6.07) is 6.58. The van der Waals surface area contributed by atoms with E-state index in [4.69, 9.17) is 0 Å². The molecule has 2 unspecified atom stereocenters. The lowest BCUT2D eigenvalue weighted by molar-refractivity contribution is 0.0946. The second-order valence-electron chi connectivity index (χ2n) is 5.81. The van der Waals surface area contributed by atoms with Crippen molar-refractivity contribution in [2.24, 2.45) is 0 Å². The molecule has 2 aliphatic rings. The number of nitrogens with zero attached hydrogens (tertiary/aromatic N) is 2. The molecule has 1 aromatic carbocycles. The van der Waals surface area contributed by atoms with Crippen LogP contribution in [0.5, 0.6) is 0 Å². The number of imidazole rings is 1. The van der Waals surface area contributed by atoms with Crippen LogP contribution in [0, 0.1) is 0 Å². The van der Waals surface area contributed by atoms with Crippen LogP contribution in [0.2, 0.25) is 0 Å². The summed E-state index contributed by atoms with van der Waals surface area (Å²) in [4.78, 5) is 16.4. The monoisotopic (exact) mass is 282 g/mol. The van der Waals surface area contributed by atoms with Crippen LogP contribution in [0.25, 0.3) is 0 Å². The zero-order valence-corrected chi connectivity index (χ0v) is 12.0.